The minimum absolute atomic E-state index is 0.123. The Morgan fingerprint density at radius 1 is 1.24 bits per heavy atom. The minimum Gasteiger partial charge on any atom is -0.462 e. The molecule has 0 bridgehead atoms. The van der Waals surface area contributed by atoms with Crippen LogP contribution in [0.1, 0.15) is 22.8 Å². The molecule has 6 heteroatoms. The zero-order chi connectivity index (χ0) is 18.0. The number of rotatable bonds is 4. The summed E-state index contributed by atoms with van der Waals surface area (Å²) in [5, 5.41) is 0.715. The quantitative estimate of drug-likeness (QED) is 0.661. The predicted octanol–water partition coefficient (Wildman–Crippen LogP) is 4.02. The number of halogens is 2. The van der Waals surface area contributed by atoms with E-state index in [1.165, 1.54) is 18.3 Å². The van der Waals surface area contributed by atoms with Gasteiger partial charge in [0.15, 0.2) is 0 Å². The third-order valence-corrected chi connectivity index (χ3v) is 4.01. The topological polar surface area (TPSA) is 48.3 Å². The Kier molecular flexibility index (Phi) is 4.86. The highest BCUT2D eigenvalue weighted by atomic mass is 35.5. The summed E-state index contributed by atoms with van der Waals surface area (Å²) in [6, 6.07) is 11.2. The molecule has 0 saturated carbocycles. The van der Waals surface area contributed by atoms with Gasteiger partial charge in [0.05, 0.1) is 12.1 Å². The van der Waals surface area contributed by atoms with E-state index in [0.29, 0.717) is 17.1 Å². The maximum absolute atomic E-state index is 13.6. The first kappa shape index (κ1) is 17.2. The maximum atomic E-state index is 13.6. The van der Waals surface area contributed by atoms with Crippen molar-refractivity contribution in [2.45, 2.75) is 13.5 Å². The first-order valence-electron chi connectivity index (χ1n) is 7.74. The van der Waals surface area contributed by atoms with Crippen molar-refractivity contribution in [3.05, 3.63) is 80.9 Å². The number of pyridine rings is 1. The highest BCUT2D eigenvalue weighted by Crippen LogP contribution is 2.18. The van der Waals surface area contributed by atoms with Crippen molar-refractivity contribution in [3.63, 3.8) is 0 Å². The molecule has 0 N–H and O–H groups in total. The molecular formula is C19H15ClFNO3. The van der Waals surface area contributed by atoms with Crippen LogP contribution in [0.3, 0.4) is 0 Å². The number of carbonyl (C=O) groups is 1. The summed E-state index contributed by atoms with van der Waals surface area (Å²) in [4.78, 5) is 24.7. The number of esters is 1. The van der Waals surface area contributed by atoms with Crippen molar-refractivity contribution in [2.24, 2.45) is 0 Å². The standard InChI is InChI=1S/C19H15ClFNO3/c1-2-25-19(24)16-11-22(10-12-4-3-5-13(20)8-12)17-7-6-14(21)9-15(17)18(16)23/h3-9,11H,2,10H2,1H3. The van der Waals surface area contributed by atoms with Crippen LogP contribution in [0.4, 0.5) is 4.39 Å². The third kappa shape index (κ3) is 3.56. The molecule has 3 aromatic rings. The summed E-state index contributed by atoms with van der Waals surface area (Å²) >= 11 is 6.02. The zero-order valence-electron chi connectivity index (χ0n) is 13.5. The lowest BCUT2D eigenvalue weighted by molar-refractivity contribution is 0.0524. The lowest BCUT2D eigenvalue weighted by Crippen LogP contribution is -2.21. The third-order valence-electron chi connectivity index (χ3n) is 3.78. The van der Waals surface area contributed by atoms with Gasteiger partial charge < -0.3 is 9.30 Å². The molecule has 2 aromatic carbocycles. The van der Waals surface area contributed by atoms with E-state index < -0.39 is 17.2 Å². The van der Waals surface area contributed by atoms with E-state index in [0.717, 1.165) is 11.6 Å². The van der Waals surface area contributed by atoms with E-state index in [2.05, 4.69) is 0 Å². The molecule has 0 aliphatic rings. The van der Waals surface area contributed by atoms with Gasteiger partial charge in [-0.3, -0.25) is 4.79 Å². The monoisotopic (exact) mass is 359 g/mol. The van der Waals surface area contributed by atoms with E-state index >= 15 is 0 Å². The van der Waals surface area contributed by atoms with Crippen LogP contribution in [0.15, 0.2) is 53.5 Å². The van der Waals surface area contributed by atoms with Crippen molar-refractivity contribution in [3.8, 4) is 0 Å². The first-order valence-corrected chi connectivity index (χ1v) is 8.11. The number of hydrogen-bond donors (Lipinski definition) is 0. The summed E-state index contributed by atoms with van der Waals surface area (Å²) < 4.78 is 20.3. The SMILES string of the molecule is CCOC(=O)c1cn(Cc2cccc(Cl)c2)c2ccc(F)cc2c1=O. The normalized spacial score (nSPS) is 10.8. The average Bonchev–Trinajstić information content (AvgIpc) is 2.57. The Bertz CT molecular complexity index is 1010. The van der Waals surface area contributed by atoms with Crippen molar-refractivity contribution in [1.29, 1.82) is 0 Å². The molecule has 3 rings (SSSR count). The lowest BCUT2D eigenvalue weighted by Gasteiger charge is -2.13. The maximum Gasteiger partial charge on any atom is 0.343 e. The second-order valence-electron chi connectivity index (χ2n) is 5.51. The van der Waals surface area contributed by atoms with Crippen LogP contribution in [0.25, 0.3) is 10.9 Å². The molecule has 1 heterocycles. The van der Waals surface area contributed by atoms with Crippen LogP contribution >= 0.6 is 11.6 Å². The number of hydrogen-bond acceptors (Lipinski definition) is 3. The molecule has 0 aliphatic carbocycles. The Hall–Kier alpha value is -2.66. The minimum atomic E-state index is -0.724. The number of nitrogens with zero attached hydrogens (tertiary/aromatic N) is 1. The van der Waals surface area contributed by atoms with Crippen LogP contribution in [0.2, 0.25) is 5.02 Å². The fraction of sp³-hybridized carbons (Fsp3) is 0.158. The van der Waals surface area contributed by atoms with Gasteiger partial charge in [0.2, 0.25) is 5.43 Å². The number of ether oxygens (including phenoxy) is 1. The van der Waals surface area contributed by atoms with Gasteiger partial charge in [-0.1, -0.05) is 23.7 Å². The summed E-state index contributed by atoms with van der Waals surface area (Å²) in [6.45, 7) is 2.17. The molecule has 0 fully saturated rings. The Balaban J connectivity index is 2.20. The van der Waals surface area contributed by atoms with Gasteiger partial charge in [0, 0.05) is 23.2 Å². The van der Waals surface area contributed by atoms with Gasteiger partial charge in [-0.25, -0.2) is 9.18 Å². The highest BCUT2D eigenvalue weighted by molar-refractivity contribution is 6.30. The van der Waals surface area contributed by atoms with Gasteiger partial charge in [0.25, 0.3) is 0 Å². The fourth-order valence-electron chi connectivity index (χ4n) is 2.69. The number of fused-ring (bicyclic) bond motifs is 1. The van der Waals surface area contributed by atoms with Crippen LogP contribution in [0, 0.1) is 5.82 Å². The van der Waals surface area contributed by atoms with E-state index in [4.69, 9.17) is 16.3 Å². The number of aromatic nitrogens is 1. The van der Waals surface area contributed by atoms with Crippen molar-refractivity contribution in [1.82, 2.24) is 4.57 Å². The summed E-state index contributed by atoms with van der Waals surface area (Å²) in [5.41, 5.74) is 0.744. The molecule has 0 amide bonds. The second-order valence-corrected chi connectivity index (χ2v) is 5.95. The largest absolute Gasteiger partial charge is 0.462 e. The van der Waals surface area contributed by atoms with E-state index in [9.17, 15) is 14.0 Å². The van der Waals surface area contributed by atoms with Gasteiger partial charge in [0.1, 0.15) is 11.4 Å². The Morgan fingerprint density at radius 2 is 2.04 bits per heavy atom. The van der Waals surface area contributed by atoms with Crippen molar-refractivity contribution < 1.29 is 13.9 Å². The van der Waals surface area contributed by atoms with Gasteiger partial charge in [-0.2, -0.15) is 0 Å². The molecule has 128 valence electrons. The van der Waals surface area contributed by atoms with Crippen LogP contribution in [0.5, 0.6) is 0 Å². The van der Waals surface area contributed by atoms with Crippen LogP contribution < -0.4 is 5.43 Å². The number of carbonyl (C=O) groups excluding carboxylic acids is 1. The fourth-order valence-corrected chi connectivity index (χ4v) is 2.90. The van der Waals surface area contributed by atoms with Crippen molar-refractivity contribution in [2.75, 3.05) is 6.61 Å². The zero-order valence-corrected chi connectivity index (χ0v) is 14.2. The summed E-state index contributed by atoms with van der Waals surface area (Å²) in [5.74, 6) is -1.27. The van der Waals surface area contributed by atoms with E-state index in [-0.39, 0.29) is 17.6 Å². The smallest absolute Gasteiger partial charge is 0.343 e. The molecule has 1 aromatic heterocycles. The second kappa shape index (κ2) is 7.07. The van der Waals surface area contributed by atoms with Crippen LogP contribution in [-0.2, 0) is 11.3 Å². The Labute approximate surface area is 148 Å². The number of benzene rings is 2. The molecule has 0 radical (unpaired) electrons. The molecule has 0 unspecified atom stereocenters. The van der Waals surface area contributed by atoms with Gasteiger partial charge >= 0.3 is 5.97 Å². The van der Waals surface area contributed by atoms with Gasteiger partial charge in [-0.15, -0.1) is 0 Å². The molecule has 0 atom stereocenters. The van der Waals surface area contributed by atoms with Crippen LogP contribution in [-0.4, -0.2) is 17.1 Å². The summed E-state index contributed by atoms with van der Waals surface area (Å²) in [7, 11) is 0. The van der Waals surface area contributed by atoms with Crippen molar-refractivity contribution >= 4 is 28.5 Å². The molecule has 4 nitrogen and oxygen atoms in total. The highest BCUT2D eigenvalue weighted by Gasteiger charge is 2.17. The van der Waals surface area contributed by atoms with E-state index in [1.807, 2.05) is 12.1 Å². The van der Waals surface area contributed by atoms with E-state index in [1.54, 1.807) is 23.6 Å². The molecular weight excluding hydrogens is 345 g/mol. The predicted molar refractivity (Wildman–Crippen MR) is 94.7 cm³/mol. The lowest BCUT2D eigenvalue weighted by atomic mass is 10.1. The molecule has 0 spiro atoms. The molecule has 25 heavy (non-hydrogen) atoms. The Morgan fingerprint density at radius 3 is 2.76 bits per heavy atom. The molecule has 0 aliphatic heterocycles. The van der Waals surface area contributed by atoms with Gasteiger partial charge in [-0.05, 0) is 42.8 Å². The summed E-state index contributed by atoms with van der Waals surface area (Å²) in [6.07, 6.45) is 1.45. The molecule has 0 saturated heterocycles. The first-order chi connectivity index (χ1) is 12.0. The average molecular weight is 360 g/mol.